The van der Waals surface area contributed by atoms with E-state index in [0.29, 0.717) is 12.5 Å². The largest absolute Gasteiger partial charge is 0.391 e. The molecule has 0 aromatic heterocycles. The molecule has 1 saturated heterocycles. The molecular formula is C11H15BrClNO. The van der Waals surface area contributed by atoms with Gasteiger partial charge in [-0.3, -0.25) is 0 Å². The van der Waals surface area contributed by atoms with Gasteiger partial charge in [-0.05, 0) is 30.7 Å². The predicted molar refractivity (Wildman–Crippen MR) is 67.6 cm³/mol. The molecule has 2 nitrogen and oxygen atoms in total. The van der Waals surface area contributed by atoms with Gasteiger partial charge in [0.15, 0.2) is 0 Å². The Morgan fingerprint density at radius 1 is 1.27 bits per heavy atom. The lowest BCUT2D eigenvalue weighted by atomic mass is 9.88. The van der Waals surface area contributed by atoms with Crippen LogP contribution in [0.15, 0.2) is 28.7 Å². The number of aliphatic hydroxyl groups is 1. The molecule has 0 bridgehead atoms. The second-order valence-corrected chi connectivity index (χ2v) is 4.63. The van der Waals surface area contributed by atoms with Crippen LogP contribution in [0.4, 0.5) is 0 Å². The highest BCUT2D eigenvalue weighted by molar-refractivity contribution is 9.10. The van der Waals surface area contributed by atoms with Crippen molar-refractivity contribution in [3.05, 3.63) is 34.3 Å². The van der Waals surface area contributed by atoms with Gasteiger partial charge in [-0.1, -0.05) is 28.1 Å². The molecule has 1 aromatic rings. The van der Waals surface area contributed by atoms with E-state index in [1.54, 1.807) is 0 Å². The van der Waals surface area contributed by atoms with E-state index in [-0.39, 0.29) is 18.5 Å². The maximum absolute atomic E-state index is 9.82. The molecule has 0 radical (unpaired) electrons. The third-order valence-corrected chi connectivity index (χ3v) is 3.28. The molecule has 0 saturated carbocycles. The number of halogens is 2. The first kappa shape index (κ1) is 13.0. The Bertz CT molecular complexity index is 304. The normalized spacial score (nSPS) is 25.7. The molecular weight excluding hydrogens is 277 g/mol. The highest BCUT2D eigenvalue weighted by Gasteiger charge is 2.23. The second-order valence-electron chi connectivity index (χ2n) is 3.72. The molecule has 15 heavy (non-hydrogen) atoms. The van der Waals surface area contributed by atoms with Gasteiger partial charge in [-0.2, -0.15) is 0 Å². The summed E-state index contributed by atoms with van der Waals surface area (Å²) < 4.78 is 1.09. The Morgan fingerprint density at radius 2 is 1.93 bits per heavy atom. The maximum Gasteiger partial charge on any atom is 0.0733 e. The van der Waals surface area contributed by atoms with Crippen molar-refractivity contribution < 1.29 is 5.11 Å². The summed E-state index contributed by atoms with van der Waals surface area (Å²) in [4.78, 5) is 0. The Morgan fingerprint density at radius 3 is 2.53 bits per heavy atom. The van der Waals surface area contributed by atoms with Crippen LogP contribution in [-0.2, 0) is 0 Å². The fraction of sp³-hybridized carbons (Fsp3) is 0.455. The fourth-order valence-electron chi connectivity index (χ4n) is 1.94. The topological polar surface area (TPSA) is 32.3 Å². The summed E-state index contributed by atoms with van der Waals surface area (Å²) in [7, 11) is 0. The SMILES string of the molecule is Cl.OC1CNCCC1c1ccc(Br)cc1. The van der Waals surface area contributed by atoms with Gasteiger partial charge in [-0.25, -0.2) is 0 Å². The van der Waals surface area contributed by atoms with Crippen molar-refractivity contribution in [1.82, 2.24) is 5.32 Å². The van der Waals surface area contributed by atoms with Gasteiger partial charge in [0.05, 0.1) is 6.10 Å². The maximum atomic E-state index is 9.82. The number of rotatable bonds is 1. The Kier molecular flexibility index (Phi) is 5.06. The van der Waals surface area contributed by atoms with Crippen LogP contribution in [-0.4, -0.2) is 24.3 Å². The van der Waals surface area contributed by atoms with Gasteiger partial charge in [0.1, 0.15) is 0 Å². The molecule has 4 heteroatoms. The van der Waals surface area contributed by atoms with Gasteiger partial charge in [0.25, 0.3) is 0 Å². The van der Waals surface area contributed by atoms with Crippen LogP contribution >= 0.6 is 28.3 Å². The van der Waals surface area contributed by atoms with Crippen molar-refractivity contribution in [2.75, 3.05) is 13.1 Å². The van der Waals surface area contributed by atoms with E-state index in [0.717, 1.165) is 17.4 Å². The Hall–Kier alpha value is -0.0900. The van der Waals surface area contributed by atoms with E-state index in [9.17, 15) is 5.11 Å². The van der Waals surface area contributed by atoms with Crippen molar-refractivity contribution in [2.45, 2.75) is 18.4 Å². The summed E-state index contributed by atoms with van der Waals surface area (Å²) in [6.07, 6.45) is 0.771. The Labute approximate surface area is 105 Å². The summed E-state index contributed by atoms with van der Waals surface area (Å²) in [6, 6.07) is 8.24. The minimum atomic E-state index is -0.245. The minimum absolute atomic E-state index is 0. The smallest absolute Gasteiger partial charge is 0.0733 e. The average Bonchev–Trinajstić information content (AvgIpc) is 2.20. The first-order valence-corrected chi connectivity index (χ1v) is 5.71. The predicted octanol–water partition coefficient (Wildman–Crippen LogP) is 2.31. The number of piperidine rings is 1. The van der Waals surface area contributed by atoms with Crippen LogP contribution in [0.1, 0.15) is 17.9 Å². The number of hydrogen-bond acceptors (Lipinski definition) is 2. The standard InChI is InChI=1S/C11H14BrNO.ClH/c12-9-3-1-8(2-4-9)10-5-6-13-7-11(10)14;/h1-4,10-11,13-14H,5-7H2;1H. The molecule has 0 amide bonds. The van der Waals surface area contributed by atoms with Crippen molar-refractivity contribution in [3.8, 4) is 0 Å². The summed E-state index contributed by atoms with van der Waals surface area (Å²) in [6.45, 7) is 1.71. The minimum Gasteiger partial charge on any atom is -0.391 e. The summed E-state index contributed by atoms with van der Waals surface area (Å²) in [5.41, 5.74) is 1.24. The van der Waals surface area contributed by atoms with Crippen molar-refractivity contribution in [3.63, 3.8) is 0 Å². The molecule has 1 fully saturated rings. The molecule has 0 aliphatic carbocycles. The van der Waals surface area contributed by atoms with E-state index in [2.05, 4.69) is 33.4 Å². The number of β-amino-alcohol motifs (C(OH)–C–C–N with tert-alkyl or cyclic N) is 1. The van der Waals surface area contributed by atoms with E-state index >= 15 is 0 Å². The van der Waals surface area contributed by atoms with Crippen molar-refractivity contribution >= 4 is 28.3 Å². The van der Waals surface area contributed by atoms with Gasteiger partial charge < -0.3 is 10.4 Å². The molecule has 2 atom stereocenters. The monoisotopic (exact) mass is 291 g/mol. The van der Waals surface area contributed by atoms with Crippen molar-refractivity contribution in [2.24, 2.45) is 0 Å². The molecule has 1 aromatic carbocycles. The number of nitrogens with one attached hydrogen (secondary N) is 1. The zero-order chi connectivity index (χ0) is 9.97. The molecule has 0 spiro atoms. The molecule has 1 heterocycles. The molecule has 2 rings (SSSR count). The van der Waals surface area contributed by atoms with Crippen LogP contribution in [0.25, 0.3) is 0 Å². The quantitative estimate of drug-likeness (QED) is 0.832. The molecule has 84 valence electrons. The van der Waals surface area contributed by atoms with E-state index in [4.69, 9.17) is 0 Å². The highest BCUT2D eigenvalue weighted by atomic mass is 79.9. The molecule has 2 N–H and O–H groups in total. The van der Waals surface area contributed by atoms with E-state index in [1.807, 2.05) is 12.1 Å². The third kappa shape index (κ3) is 3.18. The second kappa shape index (κ2) is 5.85. The average molecular weight is 293 g/mol. The van der Waals surface area contributed by atoms with Crippen LogP contribution in [0, 0.1) is 0 Å². The molecule has 1 aliphatic heterocycles. The lowest BCUT2D eigenvalue weighted by molar-refractivity contribution is 0.118. The van der Waals surface area contributed by atoms with E-state index in [1.165, 1.54) is 5.56 Å². The van der Waals surface area contributed by atoms with Crippen LogP contribution in [0.5, 0.6) is 0 Å². The van der Waals surface area contributed by atoms with Gasteiger partial charge in [0, 0.05) is 16.9 Å². The zero-order valence-electron chi connectivity index (χ0n) is 8.32. The summed E-state index contributed by atoms with van der Waals surface area (Å²) in [5, 5.41) is 13.0. The third-order valence-electron chi connectivity index (χ3n) is 2.75. The van der Waals surface area contributed by atoms with Gasteiger partial charge in [0.2, 0.25) is 0 Å². The van der Waals surface area contributed by atoms with Gasteiger partial charge >= 0.3 is 0 Å². The van der Waals surface area contributed by atoms with Crippen molar-refractivity contribution in [1.29, 1.82) is 0 Å². The molecule has 1 aliphatic rings. The first-order valence-electron chi connectivity index (χ1n) is 4.91. The number of hydrogen-bond donors (Lipinski definition) is 2. The lowest BCUT2D eigenvalue weighted by Gasteiger charge is -2.28. The summed E-state index contributed by atoms with van der Waals surface area (Å²) in [5.74, 6) is 0.296. The lowest BCUT2D eigenvalue weighted by Crippen LogP contribution is -2.39. The Balaban J connectivity index is 0.00000112. The highest BCUT2D eigenvalue weighted by Crippen LogP contribution is 2.26. The zero-order valence-corrected chi connectivity index (χ0v) is 10.7. The first-order chi connectivity index (χ1) is 6.77. The number of aliphatic hydroxyl groups excluding tert-OH is 1. The molecule has 2 unspecified atom stereocenters. The van der Waals surface area contributed by atoms with Crippen LogP contribution < -0.4 is 5.32 Å². The van der Waals surface area contributed by atoms with Crippen LogP contribution in [0.2, 0.25) is 0 Å². The number of benzene rings is 1. The van der Waals surface area contributed by atoms with Gasteiger partial charge in [-0.15, -0.1) is 12.4 Å². The van der Waals surface area contributed by atoms with E-state index < -0.39 is 0 Å². The summed E-state index contributed by atoms with van der Waals surface area (Å²) >= 11 is 3.41. The van der Waals surface area contributed by atoms with Crippen LogP contribution in [0.3, 0.4) is 0 Å². The fourth-order valence-corrected chi connectivity index (χ4v) is 2.21.